The van der Waals surface area contributed by atoms with Gasteiger partial charge < -0.3 is 4.74 Å². The molecule has 0 amide bonds. The minimum Gasteiger partial charge on any atom is -0.484 e. The lowest BCUT2D eigenvalue weighted by Crippen LogP contribution is -2.31. The summed E-state index contributed by atoms with van der Waals surface area (Å²) in [4.78, 5) is 11.1. The van der Waals surface area contributed by atoms with Crippen molar-refractivity contribution < 1.29 is 9.53 Å². The molecule has 0 unspecified atom stereocenters. The van der Waals surface area contributed by atoms with E-state index in [1.54, 1.807) is 0 Å². The second-order valence-electron chi connectivity index (χ2n) is 4.53. The SMILES string of the molecule is C=C(OC1(CC)CCCCCC1)C(C)=O. The fourth-order valence-corrected chi connectivity index (χ4v) is 2.23. The molecule has 15 heavy (non-hydrogen) atoms. The third-order valence-corrected chi connectivity index (χ3v) is 3.39. The Balaban J connectivity index is 2.65. The lowest BCUT2D eigenvalue weighted by Gasteiger charge is -2.33. The monoisotopic (exact) mass is 210 g/mol. The van der Waals surface area contributed by atoms with Crippen molar-refractivity contribution in [2.75, 3.05) is 0 Å². The zero-order valence-electron chi connectivity index (χ0n) is 9.97. The van der Waals surface area contributed by atoms with Gasteiger partial charge in [0.05, 0.1) is 0 Å². The van der Waals surface area contributed by atoms with Gasteiger partial charge in [-0.2, -0.15) is 0 Å². The van der Waals surface area contributed by atoms with E-state index in [1.165, 1.54) is 32.6 Å². The van der Waals surface area contributed by atoms with Gasteiger partial charge in [-0.05, 0) is 32.1 Å². The molecule has 0 aromatic rings. The zero-order chi connectivity index (χ0) is 11.3. The molecule has 2 heteroatoms. The average molecular weight is 210 g/mol. The number of ketones is 1. The summed E-state index contributed by atoms with van der Waals surface area (Å²) in [5.41, 5.74) is -0.112. The Labute approximate surface area is 92.7 Å². The minimum atomic E-state index is -0.112. The van der Waals surface area contributed by atoms with Crippen LogP contribution >= 0.6 is 0 Å². The van der Waals surface area contributed by atoms with Crippen molar-refractivity contribution >= 4 is 5.78 Å². The summed E-state index contributed by atoms with van der Waals surface area (Å²) in [6.45, 7) is 7.35. The Bertz CT molecular complexity index is 235. The molecule has 1 fully saturated rings. The van der Waals surface area contributed by atoms with Gasteiger partial charge in [0, 0.05) is 6.92 Å². The van der Waals surface area contributed by atoms with E-state index >= 15 is 0 Å². The standard InChI is InChI=1S/C13H22O2/c1-4-13(15-12(3)11(2)14)9-7-5-6-8-10-13/h3-10H2,1-2H3. The molecule has 0 saturated heterocycles. The number of carbonyl (C=O) groups is 1. The maximum absolute atomic E-state index is 11.1. The number of hydrogen-bond acceptors (Lipinski definition) is 2. The summed E-state index contributed by atoms with van der Waals surface area (Å²) in [7, 11) is 0. The lowest BCUT2D eigenvalue weighted by molar-refractivity contribution is -0.121. The molecule has 0 atom stereocenters. The number of ether oxygens (including phenoxy) is 1. The Morgan fingerprint density at radius 1 is 1.27 bits per heavy atom. The van der Waals surface area contributed by atoms with Crippen LogP contribution < -0.4 is 0 Å². The fraction of sp³-hybridized carbons (Fsp3) is 0.769. The Kier molecular flexibility index (Phi) is 4.37. The Morgan fingerprint density at radius 2 is 1.80 bits per heavy atom. The second-order valence-corrected chi connectivity index (χ2v) is 4.53. The summed E-state index contributed by atoms with van der Waals surface area (Å²) in [5, 5.41) is 0. The van der Waals surface area contributed by atoms with Gasteiger partial charge in [0.25, 0.3) is 0 Å². The highest BCUT2D eigenvalue weighted by atomic mass is 16.5. The second kappa shape index (κ2) is 5.34. The summed E-state index contributed by atoms with van der Waals surface area (Å²) >= 11 is 0. The van der Waals surface area contributed by atoms with E-state index in [1.807, 2.05) is 0 Å². The third kappa shape index (κ3) is 3.37. The molecule has 0 heterocycles. The van der Waals surface area contributed by atoms with E-state index < -0.39 is 0 Å². The molecule has 2 nitrogen and oxygen atoms in total. The molecular formula is C13H22O2. The van der Waals surface area contributed by atoms with Crippen LogP contribution in [0.15, 0.2) is 12.3 Å². The van der Waals surface area contributed by atoms with Crippen LogP contribution in [0.1, 0.15) is 58.8 Å². The quantitative estimate of drug-likeness (QED) is 0.402. The first-order valence-electron chi connectivity index (χ1n) is 5.98. The molecule has 1 aliphatic carbocycles. The number of carbonyl (C=O) groups excluding carboxylic acids is 1. The van der Waals surface area contributed by atoms with Crippen molar-refractivity contribution in [3.05, 3.63) is 12.3 Å². The van der Waals surface area contributed by atoms with Crippen LogP contribution in [0.5, 0.6) is 0 Å². The largest absolute Gasteiger partial charge is 0.484 e. The van der Waals surface area contributed by atoms with E-state index in [-0.39, 0.29) is 11.4 Å². The topological polar surface area (TPSA) is 26.3 Å². The van der Waals surface area contributed by atoms with E-state index in [9.17, 15) is 4.79 Å². The highest BCUT2D eigenvalue weighted by Gasteiger charge is 2.32. The van der Waals surface area contributed by atoms with Crippen LogP contribution in [0.3, 0.4) is 0 Å². The van der Waals surface area contributed by atoms with Crippen molar-refractivity contribution in [3.63, 3.8) is 0 Å². The molecule has 0 spiro atoms. The molecule has 86 valence electrons. The van der Waals surface area contributed by atoms with Crippen LogP contribution in [0.25, 0.3) is 0 Å². The highest BCUT2D eigenvalue weighted by molar-refractivity contribution is 5.90. The first-order chi connectivity index (χ1) is 7.09. The molecular weight excluding hydrogens is 188 g/mol. The summed E-state index contributed by atoms with van der Waals surface area (Å²) in [6, 6.07) is 0. The van der Waals surface area contributed by atoms with Crippen molar-refractivity contribution in [1.29, 1.82) is 0 Å². The summed E-state index contributed by atoms with van der Waals surface area (Å²) < 4.78 is 5.83. The molecule has 1 aliphatic rings. The van der Waals surface area contributed by atoms with E-state index in [0.717, 1.165) is 19.3 Å². The first-order valence-corrected chi connectivity index (χ1v) is 5.98. The summed E-state index contributed by atoms with van der Waals surface area (Å²) in [5.74, 6) is 0.283. The number of Topliss-reactive ketones (excluding diaryl/α,β-unsaturated/α-hetero) is 1. The number of allylic oxidation sites excluding steroid dienone is 1. The van der Waals surface area contributed by atoms with Crippen molar-refractivity contribution in [3.8, 4) is 0 Å². The van der Waals surface area contributed by atoms with Crippen LogP contribution in [0, 0.1) is 0 Å². The fourth-order valence-electron chi connectivity index (χ4n) is 2.23. The molecule has 0 aromatic heterocycles. The van der Waals surface area contributed by atoms with Gasteiger partial charge in [-0.25, -0.2) is 0 Å². The highest BCUT2D eigenvalue weighted by Crippen LogP contribution is 2.34. The predicted molar refractivity (Wildman–Crippen MR) is 61.6 cm³/mol. The van der Waals surface area contributed by atoms with Crippen LogP contribution in [-0.4, -0.2) is 11.4 Å². The van der Waals surface area contributed by atoms with Gasteiger partial charge in [-0.15, -0.1) is 0 Å². The van der Waals surface area contributed by atoms with Gasteiger partial charge in [0.15, 0.2) is 11.5 Å². The van der Waals surface area contributed by atoms with E-state index in [0.29, 0.717) is 5.76 Å². The van der Waals surface area contributed by atoms with Gasteiger partial charge in [0.2, 0.25) is 0 Å². The Hall–Kier alpha value is -0.790. The first kappa shape index (κ1) is 12.3. The molecule has 0 aliphatic heterocycles. The number of hydrogen-bond donors (Lipinski definition) is 0. The van der Waals surface area contributed by atoms with Crippen molar-refractivity contribution in [2.24, 2.45) is 0 Å². The zero-order valence-corrected chi connectivity index (χ0v) is 9.97. The smallest absolute Gasteiger partial charge is 0.193 e. The lowest BCUT2D eigenvalue weighted by atomic mass is 9.91. The van der Waals surface area contributed by atoms with Gasteiger partial charge >= 0.3 is 0 Å². The van der Waals surface area contributed by atoms with E-state index in [2.05, 4.69) is 13.5 Å². The average Bonchev–Trinajstić information content (AvgIpc) is 2.44. The molecule has 0 bridgehead atoms. The maximum Gasteiger partial charge on any atom is 0.193 e. The molecule has 0 radical (unpaired) electrons. The number of rotatable bonds is 4. The van der Waals surface area contributed by atoms with Crippen LogP contribution in [0.4, 0.5) is 0 Å². The van der Waals surface area contributed by atoms with Crippen LogP contribution in [0.2, 0.25) is 0 Å². The van der Waals surface area contributed by atoms with Gasteiger partial charge in [-0.1, -0.05) is 26.3 Å². The van der Waals surface area contributed by atoms with Gasteiger partial charge in [0.1, 0.15) is 5.60 Å². The van der Waals surface area contributed by atoms with E-state index in [4.69, 9.17) is 4.74 Å². The third-order valence-electron chi connectivity index (χ3n) is 3.39. The summed E-state index contributed by atoms with van der Waals surface area (Å²) in [6.07, 6.45) is 8.10. The Morgan fingerprint density at radius 3 is 2.20 bits per heavy atom. The van der Waals surface area contributed by atoms with Crippen molar-refractivity contribution in [2.45, 2.75) is 64.4 Å². The molecule has 0 N–H and O–H groups in total. The van der Waals surface area contributed by atoms with Gasteiger partial charge in [-0.3, -0.25) is 4.79 Å². The minimum absolute atomic E-state index is 0.0490. The predicted octanol–water partition coefficient (Wildman–Crippen LogP) is 3.61. The molecule has 0 aromatic carbocycles. The maximum atomic E-state index is 11.1. The van der Waals surface area contributed by atoms with Crippen molar-refractivity contribution in [1.82, 2.24) is 0 Å². The molecule has 1 rings (SSSR count). The van der Waals surface area contributed by atoms with Crippen LogP contribution in [-0.2, 0) is 9.53 Å². The normalized spacial score (nSPS) is 20.4. The molecule has 1 saturated carbocycles.